The number of hydrogen-bond acceptors (Lipinski definition) is 2. The van der Waals surface area contributed by atoms with Crippen LogP contribution in [0.15, 0.2) is 41.3 Å². The van der Waals surface area contributed by atoms with Crippen molar-refractivity contribution in [2.75, 3.05) is 0 Å². The van der Waals surface area contributed by atoms with Gasteiger partial charge in [0.05, 0.1) is 0 Å². The van der Waals surface area contributed by atoms with Gasteiger partial charge in [-0.2, -0.15) is 0 Å². The average molecular weight is 319 g/mol. The minimum Gasteiger partial charge on any atom is -0.366 e. The number of amides is 1. The molecule has 22 heavy (non-hydrogen) atoms. The minimum absolute atomic E-state index is 0.337. The van der Waals surface area contributed by atoms with E-state index in [0.29, 0.717) is 11.1 Å². The average Bonchev–Trinajstić information content (AvgIpc) is 2.66. The highest BCUT2D eigenvalue weighted by Gasteiger charge is 2.06. The Labute approximate surface area is 135 Å². The molecule has 0 radical (unpaired) electrons. The third-order valence-electron chi connectivity index (χ3n) is 3.36. The van der Waals surface area contributed by atoms with Crippen LogP contribution >= 0.6 is 11.3 Å². The van der Waals surface area contributed by atoms with Crippen LogP contribution < -0.4 is 5.73 Å². The summed E-state index contributed by atoms with van der Waals surface area (Å²) in [6, 6.07) is 0. The lowest BCUT2D eigenvalue weighted by molar-refractivity contribution is -0.113. The summed E-state index contributed by atoms with van der Waals surface area (Å²) in [5.41, 5.74) is 8.58. The smallest absolute Gasteiger partial charge is 0.241 e. The molecule has 0 saturated heterocycles. The Bertz CT molecular complexity index is 690. The number of nitrogens with two attached hydrogens (primary N) is 1. The van der Waals surface area contributed by atoms with Gasteiger partial charge in [0.1, 0.15) is 5.83 Å². The topological polar surface area (TPSA) is 43.1 Å². The van der Waals surface area contributed by atoms with Crippen molar-refractivity contribution in [1.82, 2.24) is 0 Å². The summed E-state index contributed by atoms with van der Waals surface area (Å²) in [5, 5.41) is 0. The van der Waals surface area contributed by atoms with Crippen molar-refractivity contribution >= 4 is 23.3 Å². The Balaban J connectivity index is 2.94. The molecule has 2 N–H and O–H groups in total. The van der Waals surface area contributed by atoms with Crippen molar-refractivity contribution in [2.24, 2.45) is 5.73 Å². The van der Waals surface area contributed by atoms with Gasteiger partial charge in [-0.1, -0.05) is 18.2 Å². The van der Waals surface area contributed by atoms with Gasteiger partial charge in [-0.05, 0) is 63.0 Å². The van der Waals surface area contributed by atoms with Gasteiger partial charge < -0.3 is 5.73 Å². The molecule has 1 amide bonds. The molecule has 1 aromatic heterocycles. The lowest BCUT2D eigenvalue weighted by atomic mass is 10.1. The molecule has 4 heteroatoms. The van der Waals surface area contributed by atoms with Gasteiger partial charge in [0.25, 0.3) is 0 Å². The van der Waals surface area contributed by atoms with Gasteiger partial charge in [0.15, 0.2) is 0 Å². The molecule has 0 aliphatic heterocycles. The second kappa shape index (κ2) is 7.90. The molecule has 1 heterocycles. The SMILES string of the molecule is CC(/C=C/C(F)=C(C)\C=C\c1c(C)sc(C)c1C)=C\C(N)=O. The number of halogens is 1. The normalized spacial score (nSPS) is 14.0. The fraction of sp³-hybridized carbons (Fsp3) is 0.278. The predicted octanol–water partition coefficient (Wildman–Crippen LogP) is 4.92. The van der Waals surface area contributed by atoms with Crippen molar-refractivity contribution in [2.45, 2.75) is 34.6 Å². The van der Waals surface area contributed by atoms with Gasteiger partial charge >= 0.3 is 0 Å². The molecule has 0 aliphatic carbocycles. The summed E-state index contributed by atoms with van der Waals surface area (Å²) >= 11 is 1.75. The van der Waals surface area contributed by atoms with Crippen LogP contribution in [0.25, 0.3) is 6.08 Å². The molecular weight excluding hydrogens is 297 g/mol. The quantitative estimate of drug-likeness (QED) is 0.607. The first-order valence-electron chi connectivity index (χ1n) is 6.99. The zero-order valence-corrected chi connectivity index (χ0v) is 14.5. The number of rotatable bonds is 5. The van der Waals surface area contributed by atoms with Crippen LogP contribution in [0.2, 0.25) is 0 Å². The zero-order chi connectivity index (χ0) is 16.9. The molecule has 1 aromatic rings. The number of thiophene rings is 1. The van der Waals surface area contributed by atoms with E-state index < -0.39 is 5.91 Å². The summed E-state index contributed by atoms with van der Waals surface area (Å²) in [5.74, 6) is -0.877. The third-order valence-corrected chi connectivity index (χ3v) is 4.50. The van der Waals surface area contributed by atoms with Gasteiger partial charge in [0.2, 0.25) is 5.91 Å². The van der Waals surface area contributed by atoms with Gasteiger partial charge in [-0.3, -0.25) is 4.79 Å². The van der Waals surface area contributed by atoms with Gasteiger partial charge in [0, 0.05) is 15.8 Å². The molecule has 0 aliphatic rings. The Hall–Kier alpha value is -1.94. The zero-order valence-electron chi connectivity index (χ0n) is 13.7. The van der Waals surface area contributed by atoms with E-state index in [1.165, 1.54) is 33.5 Å². The molecule has 0 atom stereocenters. The summed E-state index contributed by atoms with van der Waals surface area (Å²) in [6.07, 6.45) is 7.85. The van der Waals surface area contributed by atoms with Crippen LogP contribution in [0.1, 0.15) is 34.7 Å². The first-order chi connectivity index (χ1) is 10.2. The molecule has 0 saturated carbocycles. The first kappa shape index (κ1) is 18.1. The number of allylic oxidation sites excluding steroid dienone is 6. The predicted molar refractivity (Wildman–Crippen MR) is 93.5 cm³/mol. The van der Waals surface area contributed by atoms with E-state index in [1.807, 2.05) is 6.08 Å². The highest BCUT2D eigenvalue weighted by molar-refractivity contribution is 7.12. The summed E-state index contributed by atoms with van der Waals surface area (Å²) in [6.45, 7) is 9.64. The van der Waals surface area contributed by atoms with E-state index >= 15 is 0 Å². The second-order valence-corrected chi connectivity index (χ2v) is 6.67. The largest absolute Gasteiger partial charge is 0.366 e. The molecule has 2 nitrogen and oxygen atoms in total. The van der Waals surface area contributed by atoms with Crippen LogP contribution in [-0.2, 0) is 4.79 Å². The number of primary amides is 1. The number of carbonyl (C=O) groups is 1. The Kier molecular flexibility index (Phi) is 6.50. The van der Waals surface area contributed by atoms with Crippen LogP contribution in [0.3, 0.4) is 0 Å². The highest BCUT2D eigenvalue weighted by Crippen LogP contribution is 2.28. The van der Waals surface area contributed by atoms with Crippen molar-refractivity contribution in [1.29, 1.82) is 0 Å². The van der Waals surface area contributed by atoms with Crippen molar-refractivity contribution < 1.29 is 9.18 Å². The lowest BCUT2D eigenvalue weighted by Gasteiger charge is -1.97. The van der Waals surface area contributed by atoms with Crippen LogP contribution in [-0.4, -0.2) is 5.91 Å². The third kappa shape index (κ3) is 5.11. The van der Waals surface area contributed by atoms with E-state index in [-0.39, 0.29) is 5.83 Å². The standard InChI is InChI=1S/C18H22FNOS/c1-11(10-18(20)21)6-9-17(19)12(2)7-8-16-13(3)14(4)22-15(16)5/h6-10H,1-5H3,(H2,20,21)/b8-7+,9-6+,11-10+,17-12+. The highest BCUT2D eigenvalue weighted by atomic mass is 32.1. The number of aryl methyl sites for hydroxylation is 2. The molecular formula is C18H22FNOS. The maximum absolute atomic E-state index is 14.0. The molecule has 0 spiro atoms. The Morgan fingerprint density at radius 2 is 1.73 bits per heavy atom. The number of hydrogen-bond donors (Lipinski definition) is 1. The van der Waals surface area contributed by atoms with Crippen LogP contribution in [0.5, 0.6) is 0 Å². The van der Waals surface area contributed by atoms with Crippen LogP contribution in [0, 0.1) is 20.8 Å². The van der Waals surface area contributed by atoms with E-state index in [2.05, 4.69) is 20.8 Å². The van der Waals surface area contributed by atoms with E-state index in [0.717, 1.165) is 5.56 Å². The summed E-state index contributed by atoms with van der Waals surface area (Å²) in [7, 11) is 0. The molecule has 118 valence electrons. The molecule has 1 rings (SSSR count). The van der Waals surface area contributed by atoms with Crippen molar-refractivity contribution in [3.8, 4) is 0 Å². The summed E-state index contributed by atoms with van der Waals surface area (Å²) < 4.78 is 14.0. The minimum atomic E-state index is -0.540. The number of carbonyl (C=O) groups excluding carboxylic acids is 1. The Morgan fingerprint density at radius 1 is 1.09 bits per heavy atom. The maximum atomic E-state index is 14.0. The second-order valence-electron chi connectivity index (χ2n) is 5.24. The fourth-order valence-corrected chi connectivity index (χ4v) is 3.01. The van der Waals surface area contributed by atoms with Gasteiger partial charge in [-0.15, -0.1) is 11.3 Å². The first-order valence-corrected chi connectivity index (χ1v) is 7.81. The molecule has 0 bridgehead atoms. The monoisotopic (exact) mass is 319 g/mol. The van der Waals surface area contributed by atoms with Crippen LogP contribution in [0.4, 0.5) is 4.39 Å². The lowest BCUT2D eigenvalue weighted by Crippen LogP contribution is -2.06. The van der Waals surface area contributed by atoms with Crippen molar-refractivity contribution in [3.63, 3.8) is 0 Å². The Morgan fingerprint density at radius 3 is 2.23 bits per heavy atom. The summed E-state index contributed by atoms with van der Waals surface area (Å²) in [4.78, 5) is 13.2. The van der Waals surface area contributed by atoms with E-state index in [1.54, 1.807) is 31.3 Å². The van der Waals surface area contributed by atoms with E-state index in [4.69, 9.17) is 5.73 Å². The maximum Gasteiger partial charge on any atom is 0.241 e. The molecule has 0 aromatic carbocycles. The molecule has 0 fully saturated rings. The fourth-order valence-electron chi connectivity index (χ4n) is 1.95. The van der Waals surface area contributed by atoms with Crippen molar-refractivity contribution in [3.05, 3.63) is 62.2 Å². The van der Waals surface area contributed by atoms with Gasteiger partial charge in [-0.25, -0.2) is 4.39 Å². The molecule has 0 unspecified atom stereocenters. The van der Waals surface area contributed by atoms with E-state index in [9.17, 15) is 9.18 Å².